The molecule has 0 bridgehead atoms. The summed E-state index contributed by atoms with van der Waals surface area (Å²) in [6.07, 6.45) is 0. The molecular formula is C27H23FN2O5. The molecule has 3 aliphatic rings. The van der Waals surface area contributed by atoms with Gasteiger partial charge in [-0.05, 0) is 61.1 Å². The molecule has 8 heteroatoms. The Morgan fingerprint density at radius 3 is 2.63 bits per heavy atom. The second-order valence-corrected chi connectivity index (χ2v) is 9.08. The molecule has 0 unspecified atom stereocenters. The lowest BCUT2D eigenvalue weighted by atomic mass is 9.70. The average molecular weight is 474 g/mol. The predicted molar refractivity (Wildman–Crippen MR) is 125 cm³/mol. The number of hydrogen-bond acceptors (Lipinski definition) is 6. The Morgan fingerprint density at radius 1 is 1.09 bits per heavy atom. The highest BCUT2D eigenvalue weighted by Gasteiger charge is 2.64. The lowest BCUT2D eigenvalue weighted by Gasteiger charge is -2.35. The lowest BCUT2D eigenvalue weighted by molar-refractivity contribution is -0.126. The van der Waals surface area contributed by atoms with Crippen LogP contribution in [0.5, 0.6) is 17.2 Å². The number of rotatable bonds is 4. The van der Waals surface area contributed by atoms with Gasteiger partial charge in [0.2, 0.25) is 12.7 Å². The van der Waals surface area contributed by atoms with Crippen LogP contribution in [0.15, 0.2) is 60.7 Å². The minimum absolute atomic E-state index is 0.0941. The molecule has 1 fully saturated rings. The fourth-order valence-electron chi connectivity index (χ4n) is 5.79. The summed E-state index contributed by atoms with van der Waals surface area (Å²) in [6, 6.07) is 16.6. The van der Waals surface area contributed by atoms with Gasteiger partial charge in [-0.15, -0.1) is 0 Å². The third-order valence-electron chi connectivity index (χ3n) is 7.39. The van der Waals surface area contributed by atoms with Gasteiger partial charge in [0.05, 0.1) is 13.0 Å². The Morgan fingerprint density at radius 2 is 1.86 bits per heavy atom. The van der Waals surface area contributed by atoms with E-state index in [-0.39, 0.29) is 30.2 Å². The van der Waals surface area contributed by atoms with Crippen molar-refractivity contribution in [3.63, 3.8) is 0 Å². The number of methoxy groups -OCH3 is 1. The molecule has 3 heterocycles. The molecule has 3 aromatic carbocycles. The zero-order valence-electron chi connectivity index (χ0n) is 19.2. The molecule has 6 rings (SSSR count). The van der Waals surface area contributed by atoms with Crippen LogP contribution in [0.25, 0.3) is 0 Å². The molecule has 0 aliphatic carbocycles. The van der Waals surface area contributed by atoms with Gasteiger partial charge in [-0.3, -0.25) is 14.5 Å². The smallest absolute Gasteiger partial charge is 0.250 e. The number of benzene rings is 3. The van der Waals surface area contributed by atoms with Crippen molar-refractivity contribution in [2.45, 2.75) is 11.5 Å². The maximum absolute atomic E-state index is 14.3. The zero-order valence-corrected chi connectivity index (χ0v) is 19.2. The van der Waals surface area contributed by atoms with Crippen molar-refractivity contribution < 1.29 is 28.2 Å². The van der Waals surface area contributed by atoms with E-state index in [0.717, 1.165) is 5.56 Å². The van der Waals surface area contributed by atoms with E-state index >= 15 is 0 Å². The minimum atomic E-state index is -1.27. The van der Waals surface area contributed by atoms with E-state index in [4.69, 9.17) is 14.2 Å². The highest BCUT2D eigenvalue weighted by atomic mass is 19.1. The summed E-state index contributed by atoms with van der Waals surface area (Å²) in [5, 5.41) is 2.98. The molecule has 0 aromatic heterocycles. The van der Waals surface area contributed by atoms with Crippen LogP contribution in [0, 0.1) is 11.7 Å². The summed E-state index contributed by atoms with van der Waals surface area (Å²) in [7, 11) is 3.41. The largest absolute Gasteiger partial charge is 0.497 e. The van der Waals surface area contributed by atoms with E-state index in [1.165, 1.54) is 12.1 Å². The van der Waals surface area contributed by atoms with Crippen LogP contribution < -0.4 is 19.5 Å². The Labute approximate surface area is 201 Å². The van der Waals surface area contributed by atoms with Crippen LogP contribution in [0.3, 0.4) is 0 Å². The number of Topliss-reactive ketones (excluding diaryl/α,β-unsaturated/α-hetero) is 1. The number of ketones is 1. The molecule has 3 atom stereocenters. The second kappa shape index (κ2) is 7.81. The molecule has 1 saturated heterocycles. The maximum Gasteiger partial charge on any atom is 0.250 e. The summed E-state index contributed by atoms with van der Waals surface area (Å²) in [5.74, 6) is -0.321. The third kappa shape index (κ3) is 3.06. The van der Waals surface area contributed by atoms with Crippen molar-refractivity contribution in [3.8, 4) is 17.2 Å². The highest BCUT2D eigenvalue weighted by molar-refractivity contribution is 6.12. The molecule has 178 valence electrons. The predicted octanol–water partition coefficient (Wildman–Crippen LogP) is 3.94. The van der Waals surface area contributed by atoms with Gasteiger partial charge in [0.1, 0.15) is 17.1 Å². The van der Waals surface area contributed by atoms with E-state index in [0.29, 0.717) is 40.6 Å². The summed E-state index contributed by atoms with van der Waals surface area (Å²) < 4.78 is 30.1. The third-order valence-corrected chi connectivity index (χ3v) is 7.39. The van der Waals surface area contributed by atoms with Crippen LogP contribution in [-0.4, -0.2) is 44.1 Å². The molecule has 3 aromatic rings. The number of amides is 1. The van der Waals surface area contributed by atoms with Gasteiger partial charge in [0, 0.05) is 29.3 Å². The topological polar surface area (TPSA) is 77.1 Å². The number of ether oxygens (including phenoxy) is 3. The van der Waals surface area contributed by atoms with Crippen LogP contribution >= 0.6 is 0 Å². The molecule has 0 saturated carbocycles. The number of likely N-dealkylation sites (tertiary alicyclic amines) is 1. The fourth-order valence-corrected chi connectivity index (χ4v) is 5.79. The fraction of sp³-hybridized carbons (Fsp3) is 0.259. The van der Waals surface area contributed by atoms with E-state index < -0.39 is 11.5 Å². The van der Waals surface area contributed by atoms with Crippen LogP contribution in [0.4, 0.5) is 10.1 Å². The van der Waals surface area contributed by atoms with Crippen molar-refractivity contribution in [2.24, 2.45) is 5.92 Å². The van der Waals surface area contributed by atoms with E-state index in [1.54, 1.807) is 49.6 Å². The number of halogens is 1. The van der Waals surface area contributed by atoms with Crippen LogP contribution in [0.2, 0.25) is 0 Å². The number of nitrogens with zero attached hydrogens (tertiary/aromatic N) is 1. The number of carbonyl (C=O) groups is 2. The molecular weight excluding hydrogens is 451 g/mol. The van der Waals surface area contributed by atoms with Crippen molar-refractivity contribution >= 4 is 17.4 Å². The Kier molecular flexibility index (Phi) is 4.82. The standard InChI is InChI=1S/C27H23FN2O5/c1-30-13-19(15-3-6-17(28)7-4-15)24(25(31)16-5-10-22-23(11-16)35-14-34-22)27(30)20-12-18(33-2)8-9-21(20)29-26(27)32/h3-12,19,24H,13-14H2,1-2H3,(H,29,32)/t19-,24+,27+/m0/s1. The summed E-state index contributed by atoms with van der Waals surface area (Å²) in [4.78, 5) is 30.0. The quantitative estimate of drug-likeness (QED) is 0.578. The van der Waals surface area contributed by atoms with Gasteiger partial charge in [0.25, 0.3) is 0 Å². The Balaban J connectivity index is 1.55. The molecule has 35 heavy (non-hydrogen) atoms. The van der Waals surface area contributed by atoms with Gasteiger partial charge in [-0.25, -0.2) is 4.39 Å². The first-order chi connectivity index (χ1) is 16.9. The zero-order chi connectivity index (χ0) is 24.3. The lowest BCUT2D eigenvalue weighted by Crippen LogP contribution is -2.51. The average Bonchev–Trinajstić information content (AvgIpc) is 3.54. The van der Waals surface area contributed by atoms with Gasteiger partial charge in [0.15, 0.2) is 17.3 Å². The van der Waals surface area contributed by atoms with Crippen molar-refractivity contribution in [1.29, 1.82) is 0 Å². The van der Waals surface area contributed by atoms with Crippen molar-refractivity contribution in [3.05, 3.63) is 83.2 Å². The number of likely N-dealkylation sites (N-methyl/N-ethyl adjacent to an activating group) is 1. The monoisotopic (exact) mass is 474 g/mol. The normalized spacial score (nSPS) is 24.5. The summed E-state index contributed by atoms with van der Waals surface area (Å²) >= 11 is 0. The van der Waals surface area contributed by atoms with Crippen LogP contribution in [-0.2, 0) is 10.3 Å². The number of carbonyl (C=O) groups excluding carboxylic acids is 2. The maximum atomic E-state index is 14.3. The molecule has 1 amide bonds. The summed E-state index contributed by atoms with van der Waals surface area (Å²) in [5.41, 5.74) is 1.28. The van der Waals surface area contributed by atoms with Crippen molar-refractivity contribution in [1.82, 2.24) is 4.90 Å². The SMILES string of the molecule is COc1ccc2c(c1)[C@]1(C(=O)N2)[C@@H](C(=O)c2ccc3c(c2)OCO3)[C@H](c2ccc(F)cc2)CN1C. The number of anilines is 1. The molecule has 0 radical (unpaired) electrons. The van der Waals surface area contributed by atoms with Gasteiger partial charge in [-0.1, -0.05) is 12.1 Å². The molecule has 1 N–H and O–H groups in total. The number of nitrogens with one attached hydrogen (secondary N) is 1. The van der Waals surface area contributed by atoms with Crippen LogP contribution in [0.1, 0.15) is 27.4 Å². The first-order valence-corrected chi connectivity index (χ1v) is 11.3. The number of fused-ring (bicyclic) bond motifs is 3. The Bertz CT molecular complexity index is 1360. The number of hydrogen-bond donors (Lipinski definition) is 1. The first kappa shape index (κ1) is 21.6. The molecule has 3 aliphatic heterocycles. The van der Waals surface area contributed by atoms with E-state index in [2.05, 4.69) is 5.32 Å². The first-order valence-electron chi connectivity index (χ1n) is 11.3. The summed E-state index contributed by atoms with van der Waals surface area (Å²) in [6.45, 7) is 0.521. The second-order valence-electron chi connectivity index (χ2n) is 9.08. The van der Waals surface area contributed by atoms with E-state index in [9.17, 15) is 14.0 Å². The van der Waals surface area contributed by atoms with Crippen molar-refractivity contribution in [2.75, 3.05) is 32.8 Å². The highest BCUT2D eigenvalue weighted by Crippen LogP contribution is 2.56. The van der Waals surface area contributed by atoms with E-state index in [1.807, 2.05) is 18.0 Å². The molecule has 7 nitrogen and oxygen atoms in total. The van der Waals surface area contributed by atoms with Gasteiger partial charge >= 0.3 is 0 Å². The minimum Gasteiger partial charge on any atom is -0.497 e. The van der Waals surface area contributed by atoms with Gasteiger partial charge in [-0.2, -0.15) is 0 Å². The van der Waals surface area contributed by atoms with Gasteiger partial charge < -0.3 is 19.5 Å². The molecule has 1 spiro atoms. The Hall–Kier alpha value is -3.91.